The normalized spacial score (nSPS) is 17.3. The molecule has 1 saturated heterocycles. The van der Waals surface area contributed by atoms with E-state index in [1.54, 1.807) is 0 Å². The number of aliphatic hydroxyl groups excluding tert-OH is 1. The van der Waals surface area contributed by atoms with Gasteiger partial charge in [-0.2, -0.15) is 0 Å². The number of rotatable bonds is 6. The van der Waals surface area contributed by atoms with Gasteiger partial charge in [-0.15, -0.1) is 0 Å². The maximum Gasteiger partial charge on any atom is 0.263 e. The first-order valence-corrected chi connectivity index (χ1v) is 8.40. The minimum Gasteiger partial charge on any atom is -0.481 e. The molecular formula is C18H28N2O3. The van der Waals surface area contributed by atoms with E-state index < -0.39 is 6.10 Å². The third-order valence-electron chi connectivity index (χ3n) is 4.29. The number of carbonyl (C=O) groups excluding carboxylic acids is 1. The van der Waals surface area contributed by atoms with Gasteiger partial charge in [-0.25, -0.2) is 0 Å². The number of carbonyl (C=O) groups is 1. The number of ether oxygens (including phenoxy) is 1. The van der Waals surface area contributed by atoms with Crippen molar-refractivity contribution in [3.05, 3.63) is 29.8 Å². The van der Waals surface area contributed by atoms with Crippen LogP contribution in [0.4, 0.5) is 0 Å². The molecule has 1 aliphatic heterocycles. The maximum atomic E-state index is 12.5. The predicted molar refractivity (Wildman–Crippen MR) is 90.7 cm³/mol. The fourth-order valence-corrected chi connectivity index (χ4v) is 2.79. The Morgan fingerprint density at radius 1 is 1.22 bits per heavy atom. The average molecular weight is 320 g/mol. The largest absolute Gasteiger partial charge is 0.481 e. The second-order valence-corrected chi connectivity index (χ2v) is 6.38. The zero-order valence-corrected chi connectivity index (χ0v) is 14.4. The summed E-state index contributed by atoms with van der Waals surface area (Å²) in [6, 6.07) is 7.95. The number of amides is 1. The van der Waals surface area contributed by atoms with E-state index in [0.29, 0.717) is 25.6 Å². The Morgan fingerprint density at radius 2 is 1.91 bits per heavy atom. The minimum atomic E-state index is -0.484. The molecule has 0 saturated carbocycles. The molecule has 0 radical (unpaired) electrons. The fourth-order valence-electron chi connectivity index (χ4n) is 2.79. The molecule has 23 heavy (non-hydrogen) atoms. The monoisotopic (exact) mass is 320 g/mol. The SMILES string of the molecule is CC(Oc1cccc(C(C)C)c1)C(=O)N1CCN(CCO)CC1. The molecule has 5 nitrogen and oxygen atoms in total. The summed E-state index contributed by atoms with van der Waals surface area (Å²) >= 11 is 0. The number of piperazine rings is 1. The van der Waals surface area contributed by atoms with Gasteiger partial charge in [0.25, 0.3) is 5.91 Å². The number of hydrogen-bond acceptors (Lipinski definition) is 4. The average Bonchev–Trinajstić information content (AvgIpc) is 2.55. The van der Waals surface area contributed by atoms with Crippen molar-refractivity contribution in [2.45, 2.75) is 32.8 Å². The van der Waals surface area contributed by atoms with Crippen LogP contribution in [-0.2, 0) is 4.79 Å². The van der Waals surface area contributed by atoms with E-state index in [1.165, 1.54) is 5.56 Å². The van der Waals surface area contributed by atoms with Gasteiger partial charge in [-0.1, -0.05) is 26.0 Å². The van der Waals surface area contributed by atoms with E-state index >= 15 is 0 Å². The third-order valence-corrected chi connectivity index (χ3v) is 4.29. The molecule has 1 heterocycles. The number of aliphatic hydroxyl groups is 1. The second-order valence-electron chi connectivity index (χ2n) is 6.38. The Hall–Kier alpha value is -1.59. The topological polar surface area (TPSA) is 53.0 Å². The van der Waals surface area contributed by atoms with Crippen LogP contribution in [0.2, 0.25) is 0 Å². The summed E-state index contributed by atoms with van der Waals surface area (Å²) < 4.78 is 5.85. The van der Waals surface area contributed by atoms with E-state index in [1.807, 2.05) is 30.0 Å². The fraction of sp³-hybridized carbons (Fsp3) is 0.611. The molecular weight excluding hydrogens is 292 g/mol. The first-order chi connectivity index (χ1) is 11.0. The molecule has 1 aliphatic rings. The molecule has 1 atom stereocenters. The first-order valence-electron chi connectivity index (χ1n) is 8.40. The molecule has 5 heteroatoms. The zero-order valence-electron chi connectivity index (χ0n) is 14.4. The summed E-state index contributed by atoms with van der Waals surface area (Å²) in [5.41, 5.74) is 1.21. The van der Waals surface area contributed by atoms with Crippen molar-refractivity contribution >= 4 is 5.91 Å². The van der Waals surface area contributed by atoms with Crippen LogP contribution in [0, 0.1) is 0 Å². The Balaban J connectivity index is 1.89. The Labute approximate surface area is 138 Å². The van der Waals surface area contributed by atoms with Crippen molar-refractivity contribution in [1.82, 2.24) is 9.80 Å². The van der Waals surface area contributed by atoms with Gasteiger partial charge in [0, 0.05) is 32.7 Å². The summed E-state index contributed by atoms with van der Waals surface area (Å²) in [7, 11) is 0. The lowest BCUT2D eigenvalue weighted by Gasteiger charge is -2.35. The number of nitrogens with zero attached hydrogens (tertiary/aromatic N) is 2. The van der Waals surface area contributed by atoms with Crippen molar-refractivity contribution in [3.63, 3.8) is 0 Å². The van der Waals surface area contributed by atoms with Gasteiger partial charge in [0.05, 0.1) is 6.61 Å². The number of benzene rings is 1. The maximum absolute atomic E-state index is 12.5. The summed E-state index contributed by atoms with van der Waals surface area (Å²) in [5.74, 6) is 1.21. The lowest BCUT2D eigenvalue weighted by atomic mass is 10.0. The Kier molecular flexibility index (Phi) is 6.42. The van der Waals surface area contributed by atoms with E-state index in [2.05, 4.69) is 24.8 Å². The molecule has 1 aromatic rings. The van der Waals surface area contributed by atoms with E-state index in [9.17, 15) is 4.79 Å². The van der Waals surface area contributed by atoms with Crippen LogP contribution < -0.4 is 4.74 Å². The van der Waals surface area contributed by atoms with Crippen molar-refractivity contribution < 1.29 is 14.6 Å². The summed E-state index contributed by atoms with van der Waals surface area (Å²) in [5, 5.41) is 8.97. The molecule has 1 unspecified atom stereocenters. The van der Waals surface area contributed by atoms with Crippen LogP contribution in [-0.4, -0.2) is 66.2 Å². The third kappa shape index (κ3) is 4.94. The highest BCUT2D eigenvalue weighted by Crippen LogP contribution is 2.21. The van der Waals surface area contributed by atoms with Crippen LogP contribution in [0.3, 0.4) is 0 Å². The summed E-state index contributed by atoms with van der Waals surface area (Å²) in [4.78, 5) is 16.5. The number of β-amino-alcohol motifs (C(OH)–C–C–N with tert-alkyl or cyclic N) is 1. The molecule has 1 amide bonds. The van der Waals surface area contributed by atoms with Crippen LogP contribution in [0.15, 0.2) is 24.3 Å². The van der Waals surface area contributed by atoms with Gasteiger partial charge in [-0.05, 0) is 30.5 Å². The van der Waals surface area contributed by atoms with Crippen molar-refractivity contribution in [3.8, 4) is 5.75 Å². The van der Waals surface area contributed by atoms with Gasteiger partial charge >= 0.3 is 0 Å². The molecule has 0 aliphatic carbocycles. The zero-order chi connectivity index (χ0) is 16.8. The highest BCUT2D eigenvalue weighted by atomic mass is 16.5. The van der Waals surface area contributed by atoms with Gasteiger partial charge in [0.15, 0.2) is 6.10 Å². The quantitative estimate of drug-likeness (QED) is 0.867. The summed E-state index contributed by atoms with van der Waals surface area (Å²) in [6.45, 7) is 9.93. The highest BCUT2D eigenvalue weighted by molar-refractivity contribution is 5.81. The van der Waals surface area contributed by atoms with E-state index in [4.69, 9.17) is 9.84 Å². The molecule has 1 aromatic carbocycles. The van der Waals surface area contributed by atoms with Gasteiger partial charge < -0.3 is 14.7 Å². The molecule has 1 fully saturated rings. The lowest BCUT2D eigenvalue weighted by Crippen LogP contribution is -2.52. The van der Waals surface area contributed by atoms with Crippen molar-refractivity contribution in [2.24, 2.45) is 0 Å². The summed E-state index contributed by atoms with van der Waals surface area (Å²) in [6.07, 6.45) is -0.484. The standard InChI is InChI=1S/C18H28N2O3/c1-14(2)16-5-4-6-17(13-16)23-15(3)18(22)20-9-7-19(8-10-20)11-12-21/h4-6,13-15,21H,7-12H2,1-3H3. The molecule has 0 aromatic heterocycles. The van der Waals surface area contributed by atoms with E-state index in [-0.39, 0.29) is 12.5 Å². The smallest absolute Gasteiger partial charge is 0.263 e. The van der Waals surface area contributed by atoms with Gasteiger partial charge in [0.1, 0.15) is 5.75 Å². The Bertz CT molecular complexity index is 511. The van der Waals surface area contributed by atoms with Crippen LogP contribution in [0.1, 0.15) is 32.3 Å². The Morgan fingerprint density at radius 3 is 2.52 bits per heavy atom. The molecule has 1 N–H and O–H groups in total. The molecule has 0 spiro atoms. The molecule has 2 rings (SSSR count). The minimum absolute atomic E-state index is 0.0311. The van der Waals surface area contributed by atoms with Crippen LogP contribution in [0.25, 0.3) is 0 Å². The highest BCUT2D eigenvalue weighted by Gasteiger charge is 2.25. The van der Waals surface area contributed by atoms with E-state index in [0.717, 1.165) is 18.8 Å². The van der Waals surface area contributed by atoms with Gasteiger partial charge in [0.2, 0.25) is 0 Å². The second kappa shape index (κ2) is 8.31. The van der Waals surface area contributed by atoms with Crippen LogP contribution >= 0.6 is 0 Å². The first kappa shape index (κ1) is 17.8. The van der Waals surface area contributed by atoms with Crippen LogP contribution in [0.5, 0.6) is 5.75 Å². The van der Waals surface area contributed by atoms with Gasteiger partial charge in [-0.3, -0.25) is 9.69 Å². The van der Waals surface area contributed by atoms with Crippen molar-refractivity contribution in [2.75, 3.05) is 39.3 Å². The molecule has 128 valence electrons. The number of hydrogen-bond donors (Lipinski definition) is 1. The lowest BCUT2D eigenvalue weighted by molar-refractivity contribution is -0.139. The molecule has 0 bridgehead atoms. The predicted octanol–water partition coefficient (Wildman–Crippen LogP) is 1.71. The van der Waals surface area contributed by atoms with Crippen molar-refractivity contribution in [1.29, 1.82) is 0 Å².